The molecule has 23 heavy (non-hydrogen) atoms. The van der Waals surface area contributed by atoms with Crippen molar-refractivity contribution in [2.75, 3.05) is 0 Å². The fourth-order valence-corrected chi connectivity index (χ4v) is 2.91. The van der Waals surface area contributed by atoms with Crippen molar-refractivity contribution in [1.29, 1.82) is 0 Å². The van der Waals surface area contributed by atoms with Crippen molar-refractivity contribution < 1.29 is 14.4 Å². The lowest BCUT2D eigenvalue weighted by atomic mass is 10.2. The molecule has 0 saturated heterocycles. The van der Waals surface area contributed by atoms with E-state index in [0.29, 0.717) is 6.61 Å². The van der Waals surface area contributed by atoms with Crippen LogP contribution in [0, 0.1) is 5.82 Å². The maximum Gasteiger partial charge on any atom is 0.123 e. The molecule has 0 aliphatic heterocycles. The van der Waals surface area contributed by atoms with Crippen LogP contribution in [0.25, 0.3) is 0 Å². The second kappa shape index (κ2) is 7.90. The molecule has 0 aliphatic carbocycles. The first-order valence-electron chi connectivity index (χ1n) is 7.60. The number of halogens is 1. The lowest BCUT2D eigenvalue weighted by Crippen LogP contribution is -2.80. The molecule has 0 amide bonds. The van der Waals surface area contributed by atoms with Crippen LogP contribution in [0.4, 0.5) is 4.39 Å². The highest BCUT2D eigenvalue weighted by Crippen LogP contribution is 2.16. The Morgan fingerprint density at radius 3 is 2.13 bits per heavy atom. The fraction of sp³-hybridized carbons (Fsp3) is 0.158. The lowest BCUT2D eigenvalue weighted by molar-refractivity contribution is -0.686. The van der Waals surface area contributed by atoms with Gasteiger partial charge in [-0.1, -0.05) is 18.2 Å². The summed E-state index contributed by atoms with van der Waals surface area (Å²) in [6.07, 6.45) is 0. The zero-order valence-electron chi connectivity index (χ0n) is 12.7. The predicted octanol–water partition coefficient (Wildman–Crippen LogP) is 3.73. The summed E-state index contributed by atoms with van der Waals surface area (Å²) in [5.41, 5.74) is 2.37. The van der Waals surface area contributed by atoms with E-state index in [1.807, 2.05) is 30.3 Å². The van der Waals surface area contributed by atoms with Crippen molar-refractivity contribution in [2.45, 2.75) is 19.7 Å². The van der Waals surface area contributed by atoms with Gasteiger partial charge in [0.1, 0.15) is 31.3 Å². The number of nitrogens with two attached hydrogens (primary N) is 1. The van der Waals surface area contributed by atoms with Crippen LogP contribution in [0.2, 0.25) is 0 Å². The van der Waals surface area contributed by atoms with Crippen LogP contribution >= 0.6 is 11.3 Å². The third kappa shape index (κ3) is 4.91. The summed E-state index contributed by atoms with van der Waals surface area (Å²) >= 11 is 1.70. The minimum absolute atomic E-state index is 0.188. The number of quaternary nitrogens is 1. The van der Waals surface area contributed by atoms with Crippen molar-refractivity contribution in [2.24, 2.45) is 0 Å². The number of benzene rings is 2. The Kier molecular flexibility index (Phi) is 5.40. The first-order valence-corrected chi connectivity index (χ1v) is 8.48. The molecule has 1 aromatic heterocycles. The standard InChI is InChI=1S/C19H18FNOS/c20-17-7-3-15(4-8-17)12-21-13-16-5-9-18(10-6-16)22-14-19-2-1-11-23-19/h1-11,21H,12-14H2/p+1. The number of hydrogen-bond donors (Lipinski definition) is 1. The van der Waals surface area contributed by atoms with Gasteiger partial charge in [-0.25, -0.2) is 4.39 Å². The second-order valence-electron chi connectivity index (χ2n) is 5.34. The largest absolute Gasteiger partial charge is 0.488 e. The van der Waals surface area contributed by atoms with E-state index in [4.69, 9.17) is 4.74 Å². The van der Waals surface area contributed by atoms with E-state index in [0.717, 1.165) is 24.4 Å². The Morgan fingerprint density at radius 2 is 1.52 bits per heavy atom. The van der Waals surface area contributed by atoms with Gasteiger partial charge in [-0.15, -0.1) is 11.3 Å². The van der Waals surface area contributed by atoms with Crippen molar-refractivity contribution in [3.63, 3.8) is 0 Å². The van der Waals surface area contributed by atoms with Crippen LogP contribution in [0.1, 0.15) is 16.0 Å². The van der Waals surface area contributed by atoms with E-state index in [1.54, 1.807) is 11.3 Å². The third-order valence-corrected chi connectivity index (χ3v) is 4.41. The highest BCUT2D eigenvalue weighted by Gasteiger charge is 2.00. The van der Waals surface area contributed by atoms with Gasteiger partial charge in [-0.05, 0) is 47.8 Å². The zero-order chi connectivity index (χ0) is 15.9. The van der Waals surface area contributed by atoms with Crippen LogP contribution in [0.3, 0.4) is 0 Å². The van der Waals surface area contributed by atoms with Crippen LogP contribution in [0.5, 0.6) is 5.75 Å². The minimum atomic E-state index is -0.188. The lowest BCUT2D eigenvalue weighted by Gasteiger charge is -2.06. The Labute approximate surface area is 139 Å². The number of rotatable bonds is 7. The first kappa shape index (κ1) is 15.7. The van der Waals surface area contributed by atoms with Crippen molar-refractivity contribution in [3.8, 4) is 5.75 Å². The molecular formula is C19H19FNOS+. The van der Waals surface area contributed by atoms with Gasteiger partial charge in [0.15, 0.2) is 0 Å². The summed E-state index contributed by atoms with van der Waals surface area (Å²) in [7, 11) is 0. The first-order chi connectivity index (χ1) is 11.3. The van der Waals surface area contributed by atoms with Gasteiger partial charge in [-0.3, -0.25) is 0 Å². The molecule has 0 fully saturated rings. The maximum absolute atomic E-state index is 12.8. The third-order valence-electron chi connectivity index (χ3n) is 3.56. The van der Waals surface area contributed by atoms with Gasteiger partial charge < -0.3 is 10.1 Å². The summed E-state index contributed by atoms with van der Waals surface area (Å²) in [5.74, 6) is 0.701. The highest BCUT2D eigenvalue weighted by atomic mass is 32.1. The Bertz CT molecular complexity index is 708. The van der Waals surface area contributed by atoms with E-state index in [-0.39, 0.29) is 5.82 Å². The minimum Gasteiger partial charge on any atom is -0.488 e. The molecule has 118 valence electrons. The maximum atomic E-state index is 12.8. The average molecular weight is 328 g/mol. The summed E-state index contributed by atoms with van der Waals surface area (Å²) in [6, 6.07) is 19.0. The number of thiophene rings is 1. The Hall–Kier alpha value is -2.17. The van der Waals surface area contributed by atoms with E-state index >= 15 is 0 Å². The molecule has 3 rings (SSSR count). The van der Waals surface area contributed by atoms with E-state index < -0.39 is 0 Å². The van der Waals surface area contributed by atoms with Gasteiger partial charge in [0.2, 0.25) is 0 Å². The van der Waals surface area contributed by atoms with Crippen LogP contribution in [-0.2, 0) is 19.7 Å². The molecule has 3 aromatic rings. The van der Waals surface area contributed by atoms with Gasteiger partial charge in [0.25, 0.3) is 0 Å². The monoisotopic (exact) mass is 328 g/mol. The van der Waals surface area contributed by atoms with E-state index in [1.165, 1.54) is 22.6 Å². The molecular weight excluding hydrogens is 309 g/mol. The molecule has 2 nitrogen and oxygen atoms in total. The summed E-state index contributed by atoms with van der Waals surface area (Å²) < 4.78 is 18.6. The van der Waals surface area contributed by atoms with Crippen LogP contribution < -0.4 is 10.1 Å². The van der Waals surface area contributed by atoms with Crippen LogP contribution in [-0.4, -0.2) is 0 Å². The summed E-state index contributed by atoms with van der Waals surface area (Å²) in [4.78, 5) is 1.22. The van der Waals surface area contributed by atoms with E-state index in [9.17, 15) is 4.39 Å². The van der Waals surface area contributed by atoms with Crippen molar-refractivity contribution >= 4 is 11.3 Å². The fourth-order valence-electron chi connectivity index (χ4n) is 2.30. The molecule has 0 spiro atoms. The van der Waals surface area contributed by atoms with Crippen molar-refractivity contribution in [1.82, 2.24) is 0 Å². The average Bonchev–Trinajstić information content (AvgIpc) is 3.09. The highest BCUT2D eigenvalue weighted by molar-refractivity contribution is 7.09. The van der Waals surface area contributed by atoms with Gasteiger partial charge in [0, 0.05) is 16.0 Å². The predicted molar refractivity (Wildman–Crippen MR) is 90.8 cm³/mol. The smallest absolute Gasteiger partial charge is 0.123 e. The molecule has 0 atom stereocenters. The molecule has 0 aliphatic rings. The molecule has 0 radical (unpaired) electrons. The quantitative estimate of drug-likeness (QED) is 0.703. The second-order valence-corrected chi connectivity index (χ2v) is 6.37. The molecule has 1 heterocycles. The van der Waals surface area contributed by atoms with Gasteiger partial charge in [-0.2, -0.15) is 0 Å². The molecule has 0 bridgehead atoms. The number of hydrogen-bond acceptors (Lipinski definition) is 2. The molecule has 4 heteroatoms. The zero-order valence-corrected chi connectivity index (χ0v) is 13.6. The Balaban J connectivity index is 1.44. The van der Waals surface area contributed by atoms with Crippen molar-refractivity contribution in [3.05, 3.63) is 87.9 Å². The molecule has 2 aromatic carbocycles. The van der Waals surface area contributed by atoms with Crippen LogP contribution in [0.15, 0.2) is 66.0 Å². The Morgan fingerprint density at radius 1 is 0.870 bits per heavy atom. The van der Waals surface area contributed by atoms with Gasteiger partial charge >= 0.3 is 0 Å². The summed E-state index contributed by atoms with van der Waals surface area (Å²) in [6.45, 7) is 2.35. The normalized spacial score (nSPS) is 10.7. The topological polar surface area (TPSA) is 25.8 Å². The molecule has 2 N–H and O–H groups in total. The van der Waals surface area contributed by atoms with Gasteiger partial charge in [0.05, 0.1) is 0 Å². The molecule has 0 unspecified atom stereocenters. The summed E-state index contributed by atoms with van der Waals surface area (Å²) in [5, 5.41) is 4.26. The molecule has 0 saturated carbocycles. The number of ether oxygens (including phenoxy) is 1. The SMILES string of the molecule is Fc1ccc(C[NH2+]Cc2ccc(OCc3cccs3)cc2)cc1. The van der Waals surface area contributed by atoms with E-state index in [2.05, 4.69) is 28.9 Å².